The van der Waals surface area contributed by atoms with E-state index in [-0.39, 0.29) is 17.4 Å². The molecule has 0 spiro atoms. The molecule has 1 aliphatic carbocycles. The van der Waals surface area contributed by atoms with E-state index in [2.05, 4.69) is 26.1 Å². The van der Waals surface area contributed by atoms with Crippen LogP contribution in [-0.2, 0) is 4.79 Å². The number of carbonyl (C=O) groups is 1. The number of hydrogen-bond acceptors (Lipinski definition) is 3. The van der Waals surface area contributed by atoms with Crippen molar-refractivity contribution >= 4 is 5.91 Å². The highest BCUT2D eigenvalue weighted by molar-refractivity contribution is 5.78. The predicted octanol–water partition coefficient (Wildman–Crippen LogP) is 1.38. The first kappa shape index (κ1) is 15.4. The topological polar surface area (TPSA) is 52.6 Å². The summed E-state index contributed by atoms with van der Waals surface area (Å²) in [6, 6.07) is 0.367. The first-order valence-electron chi connectivity index (χ1n) is 7.00. The van der Waals surface area contributed by atoms with E-state index in [1.54, 1.807) is 0 Å². The molecule has 0 saturated heterocycles. The fourth-order valence-corrected chi connectivity index (χ4v) is 2.35. The molecule has 1 rings (SSSR count). The van der Waals surface area contributed by atoms with Crippen LogP contribution in [0.3, 0.4) is 0 Å². The number of carbonyl (C=O) groups excluding carboxylic acids is 1. The molecule has 18 heavy (non-hydrogen) atoms. The lowest BCUT2D eigenvalue weighted by Gasteiger charge is -2.38. The average molecular weight is 256 g/mol. The van der Waals surface area contributed by atoms with Gasteiger partial charge >= 0.3 is 0 Å². The molecule has 2 atom stereocenters. The maximum atomic E-state index is 11.8. The Balaban J connectivity index is 2.37. The van der Waals surface area contributed by atoms with Crippen LogP contribution in [0.1, 0.15) is 46.5 Å². The van der Waals surface area contributed by atoms with Crippen molar-refractivity contribution in [2.75, 3.05) is 20.1 Å². The van der Waals surface area contributed by atoms with Crippen LogP contribution in [0.15, 0.2) is 0 Å². The molecule has 0 heterocycles. The van der Waals surface area contributed by atoms with Crippen LogP contribution >= 0.6 is 0 Å². The van der Waals surface area contributed by atoms with Gasteiger partial charge in [0.2, 0.25) is 5.91 Å². The molecule has 0 aliphatic heterocycles. The number of aliphatic hydroxyl groups excluding tert-OH is 1. The van der Waals surface area contributed by atoms with Crippen molar-refractivity contribution in [1.82, 2.24) is 10.2 Å². The van der Waals surface area contributed by atoms with Crippen molar-refractivity contribution in [3.05, 3.63) is 0 Å². The molecule has 1 amide bonds. The van der Waals surface area contributed by atoms with Gasteiger partial charge in [0.1, 0.15) is 0 Å². The van der Waals surface area contributed by atoms with Gasteiger partial charge in [0.15, 0.2) is 0 Å². The fourth-order valence-electron chi connectivity index (χ4n) is 2.35. The largest absolute Gasteiger partial charge is 0.392 e. The van der Waals surface area contributed by atoms with Crippen molar-refractivity contribution in [3.63, 3.8) is 0 Å². The van der Waals surface area contributed by atoms with Gasteiger partial charge in [-0.3, -0.25) is 9.69 Å². The summed E-state index contributed by atoms with van der Waals surface area (Å²) >= 11 is 0. The van der Waals surface area contributed by atoms with Crippen molar-refractivity contribution < 1.29 is 9.90 Å². The molecule has 2 N–H and O–H groups in total. The normalized spacial score (nSPS) is 28.7. The molecule has 4 nitrogen and oxygen atoms in total. The van der Waals surface area contributed by atoms with Crippen molar-refractivity contribution in [3.8, 4) is 0 Å². The first-order chi connectivity index (χ1) is 8.35. The molecular weight excluding hydrogens is 228 g/mol. The number of likely N-dealkylation sites (N-methyl/N-ethyl adjacent to an activating group) is 1. The van der Waals surface area contributed by atoms with E-state index in [1.807, 2.05) is 11.9 Å². The SMILES string of the molecule is CC(C)N(C)CC(=O)NC[C@@]1(C)CCCC[C@@H]1O. The van der Waals surface area contributed by atoms with E-state index in [4.69, 9.17) is 0 Å². The molecule has 0 radical (unpaired) electrons. The van der Waals surface area contributed by atoms with E-state index >= 15 is 0 Å². The zero-order valence-corrected chi connectivity index (χ0v) is 12.2. The van der Waals surface area contributed by atoms with Gasteiger partial charge in [-0.05, 0) is 33.7 Å². The van der Waals surface area contributed by atoms with Crippen LogP contribution in [0.25, 0.3) is 0 Å². The second-order valence-electron chi connectivity index (χ2n) is 6.20. The van der Waals surface area contributed by atoms with E-state index in [9.17, 15) is 9.90 Å². The Bertz CT molecular complexity index is 281. The van der Waals surface area contributed by atoms with Crippen molar-refractivity contribution in [2.45, 2.75) is 58.6 Å². The highest BCUT2D eigenvalue weighted by Crippen LogP contribution is 2.35. The summed E-state index contributed by atoms with van der Waals surface area (Å²) in [5, 5.41) is 13.0. The van der Waals surface area contributed by atoms with Gasteiger partial charge in [-0.2, -0.15) is 0 Å². The highest BCUT2D eigenvalue weighted by atomic mass is 16.3. The lowest BCUT2D eigenvalue weighted by atomic mass is 9.73. The van der Waals surface area contributed by atoms with Gasteiger partial charge in [-0.15, -0.1) is 0 Å². The van der Waals surface area contributed by atoms with Crippen LogP contribution in [0.4, 0.5) is 0 Å². The van der Waals surface area contributed by atoms with Gasteiger partial charge in [0, 0.05) is 18.0 Å². The monoisotopic (exact) mass is 256 g/mol. The Morgan fingerprint density at radius 2 is 2.17 bits per heavy atom. The molecule has 1 fully saturated rings. The third kappa shape index (κ3) is 4.25. The summed E-state index contributed by atoms with van der Waals surface area (Å²) in [5.74, 6) is 0.0465. The fraction of sp³-hybridized carbons (Fsp3) is 0.929. The van der Waals surface area contributed by atoms with Gasteiger partial charge in [-0.1, -0.05) is 19.8 Å². The Morgan fingerprint density at radius 3 is 2.72 bits per heavy atom. The number of rotatable bonds is 5. The number of nitrogens with zero attached hydrogens (tertiary/aromatic N) is 1. The van der Waals surface area contributed by atoms with E-state index < -0.39 is 0 Å². The third-order valence-electron chi connectivity index (χ3n) is 4.24. The Kier molecular flexibility index (Phi) is 5.60. The second-order valence-corrected chi connectivity index (χ2v) is 6.20. The van der Waals surface area contributed by atoms with Gasteiger partial charge < -0.3 is 10.4 Å². The van der Waals surface area contributed by atoms with Crippen LogP contribution in [-0.4, -0.2) is 48.2 Å². The predicted molar refractivity (Wildman–Crippen MR) is 73.4 cm³/mol. The minimum absolute atomic E-state index is 0.0465. The molecule has 0 aromatic heterocycles. The molecule has 0 aromatic carbocycles. The van der Waals surface area contributed by atoms with Crippen molar-refractivity contribution in [2.24, 2.45) is 5.41 Å². The molecule has 0 aromatic rings. The summed E-state index contributed by atoms with van der Waals surface area (Å²) in [6.07, 6.45) is 3.82. The summed E-state index contributed by atoms with van der Waals surface area (Å²) in [4.78, 5) is 13.8. The summed E-state index contributed by atoms with van der Waals surface area (Å²) in [6.45, 7) is 7.21. The highest BCUT2D eigenvalue weighted by Gasteiger charge is 2.35. The zero-order chi connectivity index (χ0) is 13.8. The molecule has 0 unspecified atom stereocenters. The minimum atomic E-state index is -0.283. The maximum Gasteiger partial charge on any atom is 0.234 e. The lowest BCUT2D eigenvalue weighted by molar-refractivity contribution is -0.123. The average Bonchev–Trinajstić information content (AvgIpc) is 2.31. The lowest BCUT2D eigenvalue weighted by Crippen LogP contribution is -2.47. The summed E-state index contributed by atoms with van der Waals surface area (Å²) < 4.78 is 0. The standard InChI is InChI=1S/C14H28N2O2/c1-11(2)16(4)9-13(18)15-10-14(3)8-6-5-7-12(14)17/h11-12,17H,5-10H2,1-4H3,(H,15,18)/t12-,14+/m0/s1. The Hall–Kier alpha value is -0.610. The van der Waals surface area contributed by atoms with Crippen LogP contribution in [0.2, 0.25) is 0 Å². The number of nitrogens with one attached hydrogen (secondary N) is 1. The minimum Gasteiger partial charge on any atom is -0.392 e. The first-order valence-corrected chi connectivity index (χ1v) is 7.00. The molecule has 1 aliphatic rings. The maximum absolute atomic E-state index is 11.8. The van der Waals surface area contributed by atoms with Gasteiger partial charge in [0.25, 0.3) is 0 Å². The van der Waals surface area contributed by atoms with E-state index in [0.717, 1.165) is 25.7 Å². The van der Waals surface area contributed by atoms with Crippen LogP contribution in [0.5, 0.6) is 0 Å². The number of aliphatic hydroxyl groups is 1. The molecular formula is C14H28N2O2. The summed E-state index contributed by atoms with van der Waals surface area (Å²) in [7, 11) is 1.95. The van der Waals surface area contributed by atoms with Crippen LogP contribution in [0, 0.1) is 5.41 Å². The Labute approximate surface area is 111 Å². The summed E-state index contributed by atoms with van der Waals surface area (Å²) in [5.41, 5.74) is -0.148. The smallest absolute Gasteiger partial charge is 0.234 e. The van der Waals surface area contributed by atoms with E-state index in [1.165, 1.54) is 0 Å². The molecule has 0 bridgehead atoms. The molecule has 4 heteroatoms. The second kappa shape index (κ2) is 6.53. The van der Waals surface area contributed by atoms with Crippen molar-refractivity contribution in [1.29, 1.82) is 0 Å². The third-order valence-corrected chi connectivity index (χ3v) is 4.24. The van der Waals surface area contributed by atoms with Gasteiger partial charge in [0.05, 0.1) is 12.6 Å². The Morgan fingerprint density at radius 1 is 1.50 bits per heavy atom. The van der Waals surface area contributed by atoms with Crippen LogP contribution < -0.4 is 5.32 Å². The van der Waals surface area contributed by atoms with E-state index in [0.29, 0.717) is 19.1 Å². The molecule has 106 valence electrons. The molecule has 1 saturated carbocycles. The quantitative estimate of drug-likeness (QED) is 0.781. The number of hydrogen-bond donors (Lipinski definition) is 2. The van der Waals surface area contributed by atoms with Gasteiger partial charge in [-0.25, -0.2) is 0 Å². The zero-order valence-electron chi connectivity index (χ0n) is 12.2. The number of amides is 1.